The highest BCUT2D eigenvalue weighted by Crippen LogP contribution is 2.25. The van der Waals surface area contributed by atoms with Crippen molar-refractivity contribution in [2.45, 2.75) is 6.17 Å². The van der Waals surface area contributed by atoms with Crippen LogP contribution in [0.4, 0.5) is 4.39 Å². The van der Waals surface area contributed by atoms with Gasteiger partial charge in [-0.2, -0.15) is 0 Å². The van der Waals surface area contributed by atoms with Gasteiger partial charge in [-0.15, -0.1) is 0 Å². The van der Waals surface area contributed by atoms with Crippen molar-refractivity contribution in [1.82, 2.24) is 4.90 Å². The summed E-state index contributed by atoms with van der Waals surface area (Å²) in [6.45, 7) is 0. The molecular weight excluding hydrogens is 183 g/mol. The number of hydrogen-bond donors (Lipinski definition) is 1. The molecule has 3 nitrogen and oxygen atoms in total. The Bertz CT molecular complexity index is 315. The minimum atomic E-state index is -0.361. The number of methoxy groups -OCH3 is 1. The summed E-state index contributed by atoms with van der Waals surface area (Å²) in [6.07, 6.45) is -0.361. The smallest absolute Gasteiger partial charge is 0.125 e. The maximum absolute atomic E-state index is 13.0. The van der Waals surface area contributed by atoms with Gasteiger partial charge < -0.3 is 10.5 Å². The molecule has 0 amide bonds. The van der Waals surface area contributed by atoms with Crippen molar-refractivity contribution in [2.24, 2.45) is 5.73 Å². The summed E-state index contributed by atoms with van der Waals surface area (Å²) in [5, 5.41) is 0. The molecule has 0 aliphatic carbocycles. The topological polar surface area (TPSA) is 38.5 Å². The van der Waals surface area contributed by atoms with Crippen LogP contribution in [0.1, 0.15) is 11.7 Å². The van der Waals surface area contributed by atoms with Crippen LogP contribution < -0.4 is 10.5 Å². The molecule has 0 bridgehead atoms. The van der Waals surface area contributed by atoms with Crippen molar-refractivity contribution < 1.29 is 9.13 Å². The first-order valence-electron chi connectivity index (χ1n) is 4.31. The molecule has 2 N–H and O–H groups in total. The Labute approximate surface area is 83.3 Å². The molecule has 0 heterocycles. The van der Waals surface area contributed by atoms with Gasteiger partial charge in [-0.05, 0) is 32.3 Å². The molecule has 14 heavy (non-hydrogen) atoms. The molecular formula is C10H15FN2O. The fraction of sp³-hybridized carbons (Fsp3) is 0.400. The monoisotopic (exact) mass is 198 g/mol. The molecule has 4 heteroatoms. The van der Waals surface area contributed by atoms with Crippen LogP contribution in [0.3, 0.4) is 0 Å². The molecule has 0 saturated carbocycles. The summed E-state index contributed by atoms with van der Waals surface area (Å²) in [4.78, 5) is 1.79. The summed E-state index contributed by atoms with van der Waals surface area (Å²) < 4.78 is 18.1. The second-order valence-electron chi connectivity index (χ2n) is 3.29. The van der Waals surface area contributed by atoms with Crippen LogP contribution in [0.5, 0.6) is 5.75 Å². The molecule has 0 radical (unpaired) electrons. The van der Waals surface area contributed by atoms with E-state index in [0.717, 1.165) is 0 Å². The van der Waals surface area contributed by atoms with Crippen LogP contribution in [0.25, 0.3) is 0 Å². The first-order valence-corrected chi connectivity index (χ1v) is 4.31. The third kappa shape index (κ3) is 2.21. The Balaban J connectivity index is 3.10. The summed E-state index contributed by atoms with van der Waals surface area (Å²) in [5.74, 6) is 0.297. The number of nitrogens with two attached hydrogens (primary N) is 1. The van der Waals surface area contributed by atoms with Gasteiger partial charge in [-0.25, -0.2) is 4.39 Å². The maximum Gasteiger partial charge on any atom is 0.125 e. The molecule has 1 aromatic carbocycles. The van der Waals surface area contributed by atoms with Crippen LogP contribution >= 0.6 is 0 Å². The first-order chi connectivity index (χ1) is 6.56. The van der Waals surface area contributed by atoms with E-state index in [1.165, 1.54) is 12.1 Å². The maximum atomic E-state index is 13.0. The highest BCUT2D eigenvalue weighted by Gasteiger charge is 2.14. The predicted octanol–water partition coefficient (Wildman–Crippen LogP) is 1.35. The average Bonchev–Trinajstić information content (AvgIpc) is 2.16. The second-order valence-corrected chi connectivity index (χ2v) is 3.29. The molecule has 1 atom stereocenters. The van der Waals surface area contributed by atoms with Crippen molar-refractivity contribution in [3.63, 3.8) is 0 Å². The Hall–Kier alpha value is -1.13. The molecule has 78 valence electrons. The minimum absolute atomic E-state index is 0.307. The summed E-state index contributed by atoms with van der Waals surface area (Å²) >= 11 is 0. The van der Waals surface area contributed by atoms with Gasteiger partial charge >= 0.3 is 0 Å². The van der Waals surface area contributed by atoms with E-state index in [4.69, 9.17) is 10.5 Å². The van der Waals surface area contributed by atoms with Gasteiger partial charge in [0.1, 0.15) is 11.6 Å². The van der Waals surface area contributed by atoms with Crippen molar-refractivity contribution in [3.8, 4) is 5.75 Å². The summed E-state index contributed by atoms with van der Waals surface area (Å²) in [7, 11) is 5.20. The zero-order chi connectivity index (χ0) is 10.7. The third-order valence-corrected chi connectivity index (χ3v) is 2.07. The van der Waals surface area contributed by atoms with Crippen LogP contribution in [0.15, 0.2) is 18.2 Å². The van der Waals surface area contributed by atoms with Crippen molar-refractivity contribution in [2.75, 3.05) is 21.2 Å². The lowest BCUT2D eigenvalue weighted by Gasteiger charge is -2.21. The molecule has 0 aromatic heterocycles. The molecule has 0 saturated heterocycles. The van der Waals surface area contributed by atoms with E-state index in [-0.39, 0.29) is 12.0 Å². The van der Waals surface area contributed by atoms with Crippen molar-refractivity contribution >= 4 is 0 Å². The summed E-state index contributed by atoms with van der Waals surface area (Å²) in [5.41, 5.74) is 6.51. The molecule has 0 aliphatic heterocycles. The van der Waals surface area contributed by atoms with Gasteiger partial charge in [0.15, 0.2) is 0 Å². The molecule has 0 spiro atoms. The number of benzene rings is 1. The van der Waals surface area contributed by atoms with E-state index >= 15 is 0 Å². The van der Waals surface area contributed by atoms with E-state index in [2.05, 4.69) is 0 Å². The highest BCUT2D eigenvalue weighted by atomic mass is 19.1. The molecule has 1 rings (SSSR count). The van der Waals surface area contributed by atoms with Crippen LogP contribution in [0, 0.1) is 5.82 Å². The van der Waals surface area contributed by atoms with E-state index in [0.29, 0.717) is 11.3 Å². The molecule has 0 aliphatic rings. The standard InChI is InChI=1S/C10H15FN2O/c1-13(2)10(12)8-6-7(11)4-5-9(8)14-3/h4-6,10H,12H2,1-3H3. The van der Waals surface area contributed by atoms with E-state index in [1.807, 2.05) is 14.1 Å². The number of rotatable bonds is 3. The normalized spacial score (nSPS) is 13.0. The molecule has 1 aromatic rings. The Morgan fingerprint density at radius 3 is 2.57 bits per heavy atom. The summed E-state index contributed by atoms with van der Waals surface area (Å²) in [6, 6.07) is 4.32. The third-order valence-electron chi connectivity index (χ3n) is 2.07. The van der Waals surface area contributed by atoms with Gasteiger partial charge in [-0.3, -0.25) is 4.90 Å². The Kier molecular flexibility index (Phi) is 3.43. The van der Waals surface area contributed by atoms with Crippen LogP contribution in [0.2, 0.25) is 0 Å². The fourth-order valence-corrected chi connectivity index (χ4v) is 1.21. The number of ether oxygens (including phenoxy) is 1. The number of halogens is 1. The van der Waals surface area contributed by atoms with Gasteiger partial charge in [-0.1, -0.05) is 0 Å². The van der Waals surface area contributed by atoms with E-state index in [1.54, 1.807) is 18.1 Å². The zero-order valence-corrected chi connectivity index (χ0v) is 8.62. The fourth-order valence-electron chi connectivity index (χ4n) is 1.21. The van der Waals surface area contributed by atoms with Gasteiger partial charge in [0.05, 0.1) is 13.3 Å². The van der Waals surface area contributed by atoms with Crippen molar-refractivity contribution in [3.05, 3.63) is 29.6 Å². The van der Waals surface area contributed by atoms with Gasteiger partial charge in [0.25, 0.3) is 0 Å². The number of hydrogen-bond acceptors (Lipinski definition) is 3. The molecule has 0 fully saturated rings. The average molecular weight is 198 g/mol. The van der Waals surface area contributed by atoms with E-state index < -0.39 is 0 Å². The lowest BCUT2D eigenvalue weighted by molar-refractivity contribution is 0.295. The minimum Gasteiger partial charge on any atom is -0.496 e. The Morgan fingerprint density at radius 2 is 2.07 bits per heavy atom. The van der Waals surface area contributed by atoms with Crippen LogP contribution in [-0.2, 0) is 0 Å². The predicted molar refractivity (Wildman–Crippen MR) is 53.6 cm³/mol. The SMILES string of the molecule is COc1ccc(F)cc1C(N)N(C)C. The largest absolute Gasteiger partial charge is 0.496 e. The van der Waals surface area contributed by atoms with Crippen LogP contribution in [-0.4, -0.2) is 26.1 Å². The van der Waals surface area contributed by atoms with Gasteiger partial charge in [0.2, 0.25) is 0 Å². The quantitative estimate of drug-likeness (QED) is 0.745. The first kappa shape index (κ1) is 10.9. The lowest BCUT2D eigenvalue weighted by Crippen LogP contribution is -2.28. The molecule has 1 unspecified atom stereocenters. The van der Waals surface area contributed by atoms with E-state index in [9.17, 15) is 4.39 Å². The Morgan fingerprint density at radius 1 is 1.43 bits per heavy atom. The second kappa shape index (κ2) is 4.39. The van der Waals surface area contributed by atoms with Crippen molar-refractivity contribution in [1.29, 1.82) is 0 Å². The zero-order valence-electron chi connectivity index (χ0n) is 8.62. The lowest BCUT2D eigenvalue weighted by atomic mass is 10.1. The van der Waals surface area contributed by atoms with Gasteiger partial charge in [0, 0.05) is 5.56 Å². The number of nitrogens with zero attached hydrogens (tertiary/aromatic N) is 1. The highest BCUT2D eigenvalue weighted by molar-refractivity contribution is 5.35.